The van der Waals surface area contributed by atoms with E-state index in [0.29, 0.717) is 11.1 Å². The number of hydrogen-bond donors (Lipinski definition) is 1. The van der Waals surface area contributed by atoms with Crippen LogP contribution in [-0.2, 0) is 10.0 Å². The first-order chi connectivity index (χ1) is 11.3. The predicted molar refractivity (Wildman–Crippen MR) is 89.1 cm³/mol. The zero-order chi connectivity index (χ0) is 17.7. The van der Waals surface area contributed by atoms with Gasteiger partial charge in [-0.15, -0.1) is 0 Å². The fourth-order valence-corrected chi connectivity index (χ4v) is 2.66. The van der Waals surface area contributed by atoms with Crippen LogP contribution in [0.2, 0.25) is 0 Å². The summed E-state index contributed by atoms with van der Waals surface area (Å²) in [5.41, 5.74) is 0.768. The van der Waals surface area contributed by atoms with Crippen LogP contribution < -0.4 is 4.72 Å². The third-order valence-electron chi connectivity index (χ3n) is 3.23. The van der Waals surface area contributed by atoms with E-state index in [2.05, 4.69) is 4.72 Å². The molecule has 24 heavy (non-hydrogen) atoms. The van der Waals surface area contributed by atoms with Crippen LogP contribution in [0.1, 0.15) is 15.9 Å². The van der Waals surface area contributed by atoms with E-state index in [1.54, 1.807) is 6.07 Å². The third kappa shape index (κ3) is 4.12. The summed E-state index contributed by atoms with van der Waals surface area (Å²) in [6.45, 7) is 0. The van der Waals surface area contributed by atoms with Gasteiger partial charge in [0, 0.05) is 17.7 Å². The molecule has 0 aliphatic heterocycles. The number of ketones is 1. The molecule has 7 nitrogen and oxygen atoms in total. The molecule has 0 atom stereocenters. The quantitative estimate of drug-likeness (QED) is 0.374. The maximum absolute atomic E-state index is 12.1. The number of nitro groups is 1. The van der Waals surface area contributed by atoms with Crippen LogP contribution in [0.25, 0.3) is 6.08 Å². The first-order valence-corrected chi connectivity index (χ1v) is 8.32. The second kappa shape index (κ2) is 7.16. The minimum Gasteiger partial charge on any atom is -0.289 e. The Balaban J connectivity index is 2.18. The lowest BCUT2D eigenvalue weighted by atomic mass is 10.1. The van der Waals surface area contributed by atoms with Crippen molar-refractivity contribution >= 4 is 27.6 Å². The average molecular weight is 346 g/mol. The Labute approximate surface area is 138 Å². The SMILES string of the molecule is CNS(=O)(=O)c1ccc(C(=O)/C=C/c2cccc([N+](=O)[O-])c2)cc1. The van der Waals surface area contributed by atoms with Crippen molar-refractivity contribution in [3.8, 4) is 0 Å². The highest BCUT2D eigenvalue weighted by atomic mass is 32.2. The Morgan fingerprint density at radius 2 is 1.83 bits per heavy atom. The molecular formula is C16H14N2O5S. The van der Waals surface area contributed by atoms with Crippen molar-refractivity contribution < 1.29 is 18.1 Å². The minimum absolute atomic E-state index is 0.0595. The summed E-state index contributed by atoms with van der Waals surface area (Å²) in [6, 6.07) is 11.4. The Bertz CT molecular complexity index is 902. The van der Waals surface area contributed by atoms with Gasteiger partial charge in [0.1, 0.15) is 0 Å². The van der Waals surface area contributed by atoms with E-state index in [1.807, 2.05) is 0 Å². The summed E-state index contributed by atoms with van der Waals surface area (Å²) in [6.07, 6.45) is 2.74. The summed E-state index contributed by atoms with van der Waals surface area (Å²) in [7, 11) is -2.25. The number of nitrogens with one attached hydrogen (secondary N) is 1. The van der Waals surface area contributed by atoms with Gasteiger partial charge in [-0.3, -0.25) is 14.9 Å². The number of sulfonamides is 1. The minimum atomic E-state index is -3.55. The van der Waals surface area contributed by atoms with Crippen molar-refractivity contribution in [2.75, 3.05) is 7.05 Å². The molecule has 2 rings (SSSR count). The molecule has 2 aromatic carbocycles. The maximum atomic E-state index is 12.1. The van der Waals surface area contributed by atoms with Crippen LogP contribution in [0.4, 0.5) is 5.69 Å². The number of allylic oxidation sites excluding steroid dienone is 1. The molecule has 2 aromatic rings. The molecule has 1 N–H and O–H groups in total. The molecule has 0 heterocycles. The molecule has 124 valence electrons. The van der Waals surface area contributed by atoms with Gasteiger partial charge in [-0.2, -0.15) is 0 Å². The van der Waals surface area contributed by atoms with Crippen molar-refractivity contribution in [2.45, 2.75) is 4.90 Å². The first-order valence-electron chi connectivity index (χ1n) is 6.84. The smallest absolute Gasteiger partial charge is 0.270 e. The summed E-state index contributed by atoms with van der Waals surface area (Å²) >= 11 is 0. The standard InChI is InChI=1S/C16H14N2O5S/c1-17-24(22,23)15-8-6-13(7-9-15)16(19)10-5-12-3-2-4-14(11-12)18(20)21/h2-11,17H,1H3/b10-5+. The van der Waals surface area contributed by atoms with Gasteiger partial charge in [0.05, 0.1) is 9.82 Å². The number of nitrogens with zero attached hydrogens (tertiary/aromatic N) is 1. The Morgan fingerprint density at radius 3 is 2.42 bits per heavy atom. The largest absolute Gasteiger partial charge is 0.289 e. The van der Waals surface area contributed by atoms with Gasteiger partial charge in [-0.1, -0.05) is 18.2 Å². The summed E-state index contributed by atoms with van der Waals surface area (Å²) in [5.74, 6) is -0.338. The summed E-state index contributed by atoms with van der Waals surface area (Å²) < 4.78 is 25.4. The zero-order valence-corrected chi connectivity index (χ0v) is 13.5. The highest BCUT2D eigenvalue weighted by Gasteiger charge is 2.11. The van der Waals surface area contributed by atoms with Crippen LogP contribution in [0, 0.1) is 10.1 Å². The molecule has 0 spiro atoms. The zero-order valence-electron chi connectivity index (χ0n) is 12.7. The van der Waals surface area contributed by atoms with Gasteiger partial charge in [-0.25, -0.2) is 13.1 Å². The second-order valence-electron chi connectivity index (χ2n) is 4.78. The number of carbonyl (C=O) groups is 1. The molecule has 0 bridgehead atoms. The summed E-state index contributed by atoms with van der Waals surface area (Å²) in [5, 5.41) is 10.7. The number of carbonyl (C=O) groups excluding carboxylic acids is 1. The van der Waals surface area contributed by atoms with Crippen LogP contribution in [-0.4, -0.2) is 26.2 Å². The van der Waals surface area contributed by atoms with Gasteiger partial charge in [-0.05, 0) is 43.0 Å². The summed E-state index contributed by atoms with van der Waals surface area (Å²) in [4.78, 5) is 22.3. The van der Waals surface area contributed by atoms with Crippen LogP contribution in [0.5, 0.6) is 0 Å². The molecule has 8 heteroatoms. The van der Waals surface area contributed by atoms with Crippen LogP contribution >= 0.6 is 0 Å². The Morgan fingerprint density at radius 1 is 1.17 bits per heavy atom. The van der Waals surface area contributed by atoms with Crippen molar-refractivity contribution in [2.24, 2.45) is 0 Å². The van der Waals surface area contributed by atoms with Gasteiger partial charge in [0.2, 0.25) is 10.0 Å². The molecule has 0 saturated carbocycles. The maximum Gasteiger partial charge on any atom is 0.270 e. The Hall–Kier alpha value is -2.84. The van der Waals surface area contributed by atoms with Crippen molar-refractivity contribution in [3.05, 3.63) is 75.8 Å². The fraction of sp³-hybridized carbons (Fsp3) is 0.0625. The van der Waals surface area contributed by atoms with E-state index >= 15 is 0 Å². The lowest BCUT2D eigenvalue weighted by molar-refractivity contribution is -0.384. The fourth-order valence-electron chi connectivity index (χ4n) is 1.93. The van der Waals surface area contributed by atoms with Crippen LogP contribution in [0.3, 0.4) is 0 Å². The normalized spacial score (nSPS) is 11.5. The monoisotopic (exact) mass is 346 g/mol. The van der Waals surface area contributed by atoms with E-state index in [-0.39, 0.29) is 16.4 Å². The molecule has 0 aromatic heterocycles. The molecule has 0 radical (unpaired) electrons. The topological polar surface area (TPSA) is 106 Å². The van der Waals surface area contributed by atoms with Crippen molar-refractivity contribution in [1.82, 2.24) is 4.72 Å². The van der Waals surface area contributed by atoms with Gasteiger partial charge >= 0.3 is 0 Å². The second-order valence-corrected chi connectivity index (χ2v) is 6.67. The molecule has 0 saturated heterocycles. The van der Waals surface area contributed by atoms with Gasteiger partial charge in [0.25, 0.3) is 5.69 Å². The number of non-ortho nitro benzene ring substituents is 1. The third-order valence-corrected chi connectivity index (χ3v) is 4.66. The Kier molecular flexibility index (Phi) is 5.22. The molecule has 0 aliphatic carbocycles. The molecular weight excluding hydrogens is 332 g/mol. The number of hydrogen-bond acceptors (Lipinski definition) is 5. The lowest BCUT2D eigenvalue weighted by Gasteiger charge is -2.02. The van der Waals surface area contributed by atoms with Gasteiger partial charge < -0.3 is 0 Å². The molecule has 0 amide bonds. The average Bonchev–Trinajstić information content (AvgIpc) is 2.60. The molecule has 0 unspecified atom stereocenters. The first kappa shape index (κ1) is 17.5. The van der Waals surface area contributed by atoms with E-state index in [1.165, 1.54) is 61.7 Å². The predicted octanol–water partition coefficient (Wildman–Crippen LogP) is 2.40. The van der Waals surface area contributed by atoms with E-state index < -0.39 is 14.9 Å². The van der Waals surface area contributed by atoms with Crippen molar-refractivity contribution in [1.29, 1.82) is 0 Å². The van der Waals surface area contributed by atoms with E-state index in [9.17, 15) is 23.3 Å². The van der Waals surface area contributed by atoms with Crippen LogP contribution in [0.15, 0.2) is 59.5 Å². The molecule has 0 fully saturated rings. The highest BCUT2D eigenvalue weighted by Crippen LogP contribution is 2.15. The van der Waals surface area contributed by atoms with E-state index in [0.717, 1.165) is 0 Å². The number of benzene rings is 2. The highest BCUT2D eigenvalue weighted by molar-refractivity contribution is 7.89. The lowest BCUT2D eigenvalue weighted by Crippen LogP contribution is -2.18. The number of rotatable bonds is 6. The molecule has 0 aliphatic rings. The van der Waals surface area contributed by atoms with Gasteiger partial charge in [0.15, 0.2) is 5.78 Å². The number of nitro benzene ring substituents is 1. The van der Waals surface area contributed by atoms with E-state index in [4.69, 9.17) is 0 Å². The van der Waals surface area contributed by atoms with Crippen molar-refractivity contribution in [3.63, 3.8) is 0 Å².